The number of aromatic amines is 1. The summed E-state index contributed by atoms with van der Waals surface area (Å²) in [7, 11) is 0. The van der Waals surface area contributed by atoms with Crippen LogP contribution in [0.15, 0.2) is 6.33 Å². The predicted octanol–water partition coefficient (Wildman–Crippen LogP) is 0.616. The second-order valence-corrected chi connectivity index (χ2v) is 2.56. The fourth-order valence-corrected chi connectivity index (χ4v) is 1.01. The second kappa shape index (κ2) is 6.33. The molecular formula is C8H16N4O2. The summed E-state index contributed by atoms with van der Waals surface area (Å²) in [6, 6.07) is 0. The molecule has 0 aliphatic carbocycles. The van der Waals surface area contributed by atoms with E-state index in [1.54, 1.807) is 0 Å². The van der Waals surface area contributed by atoms with Crippen LogP contribution >= 0.6 is 0 Å². The van der Waals surface area contributed by atoms with Gasteiger partial charge in [0.05, 0.1) is 6.54 Å². The van der Waals surface area contributed by atoms with Crippen molar-refractivity contribution in [2.75, 3.05) is 25.1 Å². The molecule has 14 heavy (non-hydrogen) atoms. The Bertz CT molecular complexity index is 221. The van der Waals surface area contributed by atoms with Crippen LogP contribution < -0.4 is 5.32 Å². The standard InChI is InChI=1S/C8H16N4O2/c1-3-13-7(14-4-2)5-9-8-10-6-11-12-8/h6-7H,3-5H2,1-2H3,(H2,9,10,11,12). The topological polar surface area (TPSA) is 72.1 Å². The Morgan fingerprint density at radius 1 is 1.43 bits per heavy atom. The number of H-pyrrole nitrogens is 1. The number of hydrogen-bond donors (Lipinski definition) is 2. The molecule has 0 radical (unpaired) electrons. The molecule has 0 saturated carbocycles. The first kappa shape index (κ1) is 10.9. The summed E-state index contributed by atoms with van der Waals surface area (Å²) in [5, 5.41) is 9.42. The molecule has 0 saturated heterocycles. The summed E-state index contributed by atoms with van der Waals surface area (Å²) in [6.07, 6.45) is 1.20. The first-order valence-corrected chi connectivity index (χ1v) is 4.69. The average Bonchev–Trinajstić information content (AvgIpc) is 2.67. The van der Waals surface area contributed by atoms with Gasteiger partial charge in [-0.3, -0.25) is 0 Å². The van der Waals surface area contributed by atoms with Gasteiger partial charge in [-0.25, -0.2) is 10.1 Å². The van der Waals surface area contributed by atoms with Crippen molar-refractivity contribution in [3.8, 4) is 0 Å². The maximum Gasteiger partial charge on any atom is 0.218 e. The molecule has 6 nitrogen and oxygen atoms in total. The zero-order valence-electron chi connectivity index (χ0n) is 8.49. The summed E-state index contributed by atoms with van der Waals surface area (Å²) in [5.41, 5.74) is 0. The van der Waals surface area contributed by atoms with E-state index in [4.69, 9.17) is 9.47 Å². The van der Waals surface area contributed by atoms with E-state index in [2.05, 4.69) is 20.5 Å². The van der Waals surface area contributed by atoms with Crippen LogP contribution in [-0.2, 0) is 9.47 Å². The van der Waals surface area contributed by atoms with Crippen LogP contribution in [0, 0.1) is 0 Å². The number of rotatable bonds is 7. The maximum atomic E-state index is 5.33. The third-order valence-electron chi connectivity index (χ3n) is 1.56. The molecule has 1 rings (SSSR count). The number of nitrogens with one attached hydrogen (secondary N) is 2. The van der Waals surface area contributed by atoms with Crippen LogP contribution in [0.3, 0.4) is 0 Å². The first-order valence-electron chi connectivity index (χ1n) is 4.69. The molecule has 6 heteroatoms. The Balaban J connectivity index is 2.25. The summed E-state index contributed by atoms with van der Waals surface area (Å²) < 4.78 is 10.7. The van der Waals surface area contributed by atoms with Crippen molar-refractivity contribution in [1.82, 2.24) is 15.2 Å². The molecule has 0 fully saturated rings. The van der Waals surface area contributed by atoms with E-state index >= 15 is 0 Å². The molecule has 0 unspecified atom stereocenters. The van der Waals surface area contributed by atoms with Gasteiger partial charge in [-0.05, 0) is 13.8 Å². The Morgan fingerprint density at radius 2 is 2.14 bits per heavy atom. The van der Waals surface area contributed by atoms with Crippen LogP contribution in [0.1, 0.15) is 13.8 Å². The molecule has 80 valence electrons. The van der Waals surface area contributed by atoms with Crippen molar-refractivity contribution in [3.63, 3.8) is 0 Å². The maximum absolute atomic E-state index is 5.33. The highest BCUT2D eigenvalue weighted by molar-refractivity contribution is 5.19. The Kier molecular flexibility index (Phi) is 4.95. The highest BCUT2D eigenvalue weighted by Crippen LogP contribution is 1.98. The van der Waals surface area contributed by atoms with Gasteiger partial charge in [0.15, 0.2) is 6.29 Å². The van der Waals surface area contributed by atoms with Gasteiger partial charge in [0.1, 0.15) is 6.33 Å². The van der Waals surface area contributed by atoms with Gasteiger partial charge >= 0.3 is 0 Å². The van der Waals surface area contributed by atoms with E-state index in [1.807, 2.05) is 13.8 Å². The fraction of sp³-hybridized carbons (Fsp3) is 0.750. The van der Waals surface area contributed by atoms with Crippen molar-refractivity contribution in [3.05, 3.63) is 6.33 Å². The van der Waals surface area contributed by atoms with Crippen molar-refractivity contribution in [2.24, 2.45) is 0 Å². The van der Waals surface area contributed by atoms with Crippen LogP contribution in [-0.4, -0.2) is 41.2 Å². The molecule has 2 N–H and O–H groups in total. The zero-order chi connectivity index (χ0) is 10.2. The number of hydrogen-bond acceptors (Lipinski definition) is 5. The van der Waals surface area contributed by atoms with Crippen LogP contribution in [0.25, 0.3) is 0 Å². The highest BCUT2D eigenvalue weighted by atomic mass is 16.7. The van der Waals surface area contributed by atoms with Crippen LogP contribution in [0.4, 0.5) is 5.95 Å². The molecule has 0 bridgehead atoms. The van der Waals surface area contributed by atoms with E-state index in [0.29, 0.717) is 25.7 Å². The van der Waals surface area contributed by atoms with Gasteiger partial charge in [0.25, 0.3) is 0 Å². The monoisotopic (exact) mass is 200 g/mol. The molecule has 0 aliphatic heterocycles. The number of anilines is 1. The van der Waals surface area contributed by atoms with E-state index < -0.39 is 0 Å². The molecule has 1 heterocycles. The molecular weight excluding hydrogens is 184 g/mol. The Morgan fingerprint density at radius 3 is 2.64 bits per heavy atom. The minimum absolute atomic E-state index is 0.241. The molecule has 1 aromatic rings. The summed E-state index contributed by atoms with van der Waals surface area (Å²) in [5.74, 6) is 0.620. The zero-order valence-corrected chi connectivity index (χ0v) is 8.49. The number of aromatic nitrogens is 3. The van der Waals surface area contributed by atoms with Crippen molar-refractivity contribution < 1.29 is 9.47 Å². The quantitative estimate of drug-likeness (QED) is 0.631. The van der Waals surface area contributed by atoms with Gasteiger partial charge in [-0.15, -0.1) is 0 Å². The Hall–Kier alpha value is -1.14. The summed E-state index contributed by atoms with van der Waals surface area (Å²) in [6.45, 7) is 5.67. The van der Waals surface area contributed by atoms with Gasteiger partial charge < -0.3 is 14.8 Å². The fourth-order valence-electron chi connectivity index (χ4n) is 1.01. The number of ether oxygens (including phenoxy) is 2. The van der Waals surface area contributed by atoms with Crippen molar-refractivity contribution >= 4 is 5.95 Å². The lowest BCUT2D eigenvalue weighted by Crippen LogP contribution is -2.26. The van der Waals surface area contributed by atoms with Crippen LogP contribution in [0.5, 0.6) is 0 Å². The van der Waals surface area contributed by atoms with E-state index in [0.717, 1.165) is 0 Å². The molecule has 1 aromatic heterocycles. The number of nitrogens with zero attached hydrogens (tertiary/aromatic N) is 2. The summed E-state index contributed by atoms with van der Waals surface area (Å²) >= 11 is 0. The van der Waals surface area contributed by atoms with E-state index in [9.17, 15) is 0 Å². The van der Waals surface area contributed by atoms with Gasteiger partial charge in [-0.2, -0.15) is 5.10 Å². The third-order valence-corrected chi connectivity index (χ3v) is 1.56. The van der Waals surface area contributed by atoms with Gasteiger partial charge in [0.2, 0.25) is 5.95 Å². The lowest BCUT2D eigenvalue weighted by Gasteiger charge is -2.16. The molecule has 0 amide bonds. The van der Waals surface area contributed by atoms with E-state index in [-0.39, 0.29) is 6.29 Å². The lowest BCUT2D eigenvalue weighted by atomic mass is 10.6. The molecule has 0 atom stereocenters. The van der Waals surface area contributed by atoms with Gasteiger partial charge in [-0.1, -0.05) is 0 Å². The van der Waals surface area contributed by atoms with Gasteiger partial charge in [0, 0.05) is 13.2 Å². The minimum atomic E-state index is -0.241. The Labute approximate surface area is 83.0 Å². The summed E-state index contributed by atoms with van der Waals surface area (Å²) in [4.78, 5) is 3.92. The average molecular weight is 200 g/mol. The van der Waals surface area contributed by atoms with Crippen molar-refractivity contribution in [1.29, 1.82) is 0 Å². The SMILES string of the molecule is CCOC(CNc1ncn[nH]1)OCC. The third kappa shape index (κ3) is 3.71. The lowest BCUT2D eigenvalue weighted by molar-refractivity contribution is -0.126. The highest BCUT2D eigenvalue weighted by Gasteiger charge is 2.07. The predicted molar refractivity (Wildman–Crippen MR) is 51.9 cm³/mol. The normalized spacial score (nSPS) is 10.8. The first-order chi connectivity index (χ1) is 6.86. The molecule has 0 aromatic carbocycles. The molecule has 0 spiro atoms. The van der Waals surface area contributed by atoms with Crippen molar-refractivity contribution in [2.45, 2.75) is 20.1 Å². The van der Waals surface area contributed by atoms with Crippen LogP contribution in [0.2, 0.25) is 0 Å². The van der Waals surface area contributed by atoms with E-state index in [1.165, 1.54) is 6.33 Å². The smallest absolute Gasteiger partial charge is 0.218 e. The second-order valence-electron chi connectivity index (χ2n) is 2.56. The largest absolute Gasteiger partial charge is 0.351 e. The molecule has 0 aliphatic rings. The minimum Gasteiger partial charge on any atom is -0.351 e.